The van der Waals surface area contributed by atoms with Crippen LogP contribution >= 0.6 is 0 Å². The van der Waals surface area contributed by atoms with E-state index >= 15 is 0 Å². The molecule has 0 aliphatic carbocycles. The lowest BCUT2D eigenvalue weighted by Gasteiger charge is -2.03. The first-order valence-corrected chi connectivity index (χ1v) is 8.15. The predicted octanol–water partition coefficient (Wildman–Crippen LogP) is 4.90. The molecule has 0 atom stereocenters. The van der Waals surface area contributed by atoms with Crippen LogP contribution in [0.15, 0.2) is 42.6 Å². The van der Waals surface area contributed by atoms with Gasteiger partial charge in [0, 0.05) is 40.5 Å². The Balaban J connectivity index is 2.11. The van der Waals surface area contributed by atoms with Gasteiger partial charge in [-0.1, -0.05) is 30.3 Å². The molecule has 116 valence electrons. The Morgan fingerprint density at radius 1 is 0.913 bits per heavy atom. The topological polar surface area (TPSA) is 22.2 Å². The van der Waals surface area contributed by atoms with Crippen LogP contribution in [0.5, 0.6) is 0 Å². The number of benzene rings is 1. The molecule has 0 bridgehead atoms. The number of hydrogen-bond acceptors (Lipinski definition) is 1. The molecule has 0 radical (unpaired) electrons. The minimum absolute atomic E-state index is 0.990. The standard InChI is InChI=1S/C20H21N3/c1-5-22-14(3)19-13(2)21-23-12-17(16-9-7-6-8-10-16)11-18(23)20(19)15(22)4/h6-12H,5H2,1-4H3. The zero-order valence-electron chi connectivity index (χ0n) is 14.1. The molecular formula is C20H21N3. The molecule has 0 saturated heterocycles. The lowest BCUT2D eigenvalue weighted by Crippen LogP contribution is -1.98. The molecule has 4 aromatic rings. The van der Waals surface area contributed by atoms with Crippen molar-refractivity contribution in [2.75, 3.05) is 0 Å². The highest BCUT2D eigenvalue weighted by Crippen LogP contribution is 2.33. The van der Waals surface area contributed by atoms with Crippen molar-refractivity contribution in [1.29, 1.82) is 0 Å². The van der Waals surface area contributed by atoms with Crippen molar-refractivity contribution in [1.82, 2.24) is 14.2 Å². The maximum atomic E-state index is 4.80. The van der Waals surface area contributed by atoms with E-state index in [1.54, 1.807) is 0 Å². The van der Waals surface area contributed by atoms with Crippen molar-refractivity contribution in [3.63, 3.8) is 0 Å². The molecule has 3 heteroatoms. The normalized spacial score (nSPS) is 11.7. The molecule has 1 aromatic carbocycles. The minimum atomic E-state index is 0.990. The SMILES string of the molecule is CCn1c(C)c2c(C)nn3cc(-c4ccccc4)cc3c2c1C. The third-order valence-corrected chi connectivity index (χ3v) is 4.88. The number of aromatic nitrogens is 3. The number of nitrogens with zero attached hydrogens (tertiary/aromatic N) is 3. The van der Waals surface area contributed by atoms with E-state index in [2.05, 4.69) is 74.9 Å². The second-order valence-corrected chi connectivity index (χ2v) is 6.18. The lowest BCUT2D eigenvalue weighted by molar-refractivity contribution is 0.723. The van der Waals surface area contributed by atoms with Crippen molar-refractivity contribution in [2.45, 2.75) is 34.2 Å². The summed E-state index contributed by atoms with van der Waals surface area (Å²) in [5.74, 6) is 0. The first-order chi connectivity index (χ1) is 11.1. The molecule has 0 aliphatic heterocycles. The first-order valence-electron chi connectivity index (χ1n) is 8.15. The summed E-state index contributed by atoms with van der Waals surface area (Å²) in [6.45, 7) is 9.71. The summed E-state index contributed by atoms with van der Waals surface area (Å²) in [7, 11) is 0. The molecule has 0 fully saturated rings. The van der Waals surface area contributed by atoms with Crippen LogP contribution in [-0.2, 0) is 6.54 Å². The van der Waals surface area contributed by atoms with Gasteiger partial charge in [-0.2, -0.15) is 5.10 Å². The monoisotopic (exact) mass is 303 g/mol. The second-order valence-electron chi connectivity index (χ2n) is 6.18. The van der Waals surface area contributed by atoms with E-state index in [1.807, 2.05) is 4.52 Å². The van der Waals surface area contributed by atoms with Gasteiger partial charge >= 0.3 is 0 Å². The van der Waals surface area contributed by atoms with Crippen molar-refractivity contribution in [3.05, 3.63) is 59.7 Å². The number of hydrogen-bond donors (Lipinski definition) is 0. The average molecular weight is 303 g/mol. The Labute approximate surface area is 136 Å². The Kier molecular flexibility index (Phi) is 3.05. The number of rotatable bonds is 2. The maximum absolute atomic E-state index is 4.80. The zero-order chi connectivity index (χ0) is 16.1. The van der Waals surface area contributed by atoms with E-state index in [0.29, 0.717) is 0 Å². The van der Waals surface area contributed by atoms with Gasteiger partial charge in [-0.3, -0.25) is 0 Å². The Bertz CT molecular complexity index is 1020. The van der Waals surface area contributed by atoms with Crippen molar-refractivity contribution in [2.24, 2.45) is 0 Å². The second kappa shape index (κ2) is 4.98. The highest BCUT2D eigenvalue weighted by Gasteiger charge is 2.17. The van der Waals surface area contributed by atoms with Gasteiger partial charge in [0.1, 0.15) is 0 Å². The van der Waals surface area contributed by atoms with Crippen LogP contribution in [0.4, 0.5) is 0 Å². The van der Waals surface area contributed by atoms with Gasteiger partial charge in [0.05, 0.1) is 11.2 Å². The van der Waals surface area contributed by atoms with Gasteiger partial charge in [-0.25, -0.2) is 4.52 Å². The maximum Gasteiger partial charge on any atom is 0.0749 e. The third-order valence-electron chi connectivity index (χ3n) is 4.88. The van der Waals surface area contributed by atoms with Gasteiger partial charge in [-0.05, 0) is 39.3 Å². The molecule has 0 N–H and O–H groups in total. The molecule has 0 amide bonds. The van der Waals surface area contributed by atoms with Crippen LogP contribution in [-0.4, -0.2) is 14.2 Å². The summed E-state index contributed by atoms with van der Waals surface area (Å²) in [5.41, 5.74) is 7.37. The molecule has 0 saturated carbocycles. The lowest BCUT2D eigenvalue weighted by atomic mass is 10.1. The van der Waals surface area contributed by atoms with Crippen LogP contribution in [0.1, 0.15) is 24.0 Å². The molecule has 3 nitrogen and oxygen atoms in total. The van der Waals surface area contributed by atoms with Crippen molar-refractivity contribution in [3.8, 4) is 11.1 Å². The fraction of sp³-hybridized carbons (Fsp3) is 0.250. The van der Waals surface area contributed by atoms with Crippen LogP contribution in [0.3, 0.4) is 0 Å². The van der Waals surface area contributed by atoms with Gasteiger partial charge in [0.2, 0.25) is 0 Å². The van der Waals surface area contributed by atoms with E-state index < -0.39 is 0 Å². The molecular weight excluding hydrogens is 282 g/mol. The van der Waals surface area contributed by atoms with Gasteiger partial charge < -0.3 is 4.57 Å². The van der Waals surface area contributed by atoms with E-state index in [1.165, 1.54) is 38.8 Å². The molecule has 4 rings (SSSR count). The fourth-order valence-corrected chi connectivity index (χ4v) is 3.84. The average Bonchev–Trinajstić information content (AvgIpc) is 3.08. The van der Waals surface area contributed by atoms with E-state index in [0.717, 1.165) is 12.2 Å². The summed E-state index contributed by atoms with van der Waals surface area (Å²) >= 11 is 0. The van der Waals surface area contributed by atoms with Crippen molar-refractivity contribution >= 4 is 16.3 Å². The molecule has 3 heterocycles. The highest BCUT2D eigenvalue weighted by molar-refractivity contribution is 6.02. The van der Waals surface area contributed by atoms with Crippen LogP contribution in [0.25, 0.3) is 27.4 Å². The number of fused-ring (bicyclic) bond motifs is 3. The molecule has 0 aliphatic rings. The minimum Gasteiger partial charge on any atom is -0.348 e. The quantitative estimate of drug-likeness (QED) is 0.516. The molecule has 3 aromatic heterocycles. The highest BCUT2D eigenvalue weighted by atomic mass is 15.2. The van der Waals surface area contributed by atoms with Crippen LogP contribution in [0, 0.1) is 20.8 Å². The van der Waals surface area contributed by atoms with E-state index in [4.69, 9.17) is 5.10 Å². The van der Waals surface area contributed by atoms with Gasteiger partial charge in [-0.15, -0.1) is 0 Å². The van der Waals surface area contributed by atoms with Crippen LogP contribution < -0.4 is 0 Å². The van der Waals surface area contributed by atoms with Crippen molar-refractivity contribution < 1.29 is 0 Å². The molecule has 0 spiro atoms. The Morgan fingerprint density at radius 2 is 1.61 bits per heavy atom. The summed E-state index contributed by atoms with van der Waals surface area (Å²) in [6, 6.07) is 12.8. The third kappa shape index (κ3) is 1.93. The fourth-order valence-electron chi connectivity index (χ4n) is 3.84. The smallest absolute Gasteiger partial charge is 0.0749 e. The van der Waals surface area contributed by atoms with Gasteiger partial charge in [0.15, 0.2) is 0 Å². The Hall–Kier alpha value is -2.55. The first kappa shape index (κ1) is 14.1. The van der Waals surface area contributed by atoms with Gasteiger partial charge in [0.25, 0.3) is 0 Å². The van der Waals surface area contributed by atoms with E-state index in [9.17, 15) is 0 Å². The summed E-state index contributed by atoms with van der Waals surface area (Å²) < 4.78 is 4.42. The predicted molar refractivity (Wildman–Crippen MR) is 96.0 cm³/mol. The molecule has 23 heavy (non-hydrogen) atoms. The zero-order valence-corrected chi connectivity index (χ0v) is 14.1. The van der Waals surface area contributed by atoms with Crippen LogP contribution in [0.2, 0.25) is 0 Å². The number of aryl methyl sites for hydroxylation is 3. The summed E-state index contributed by atoms with van der Waals surface area (Å²) in [6.07, 6.45) is 2.13. The largest absolute Gasteiger partial charge is 0.348 e. The Morgan fingerprint density at radius 3 is 2.30 bits per heavy atom. The molecule has 0 unspecified atom stereocenters. The summed E-state index contributed by atoms with van der Waals surface area (Å²) in [5, 5.41) is 7.44. The van der Waals surface area contributed by atoms with E-state index in [-0.39, 0.29) is 0 Å². The summed E-state index contributed by atoms with van der Waals surface area (Å²) in [4.78, 5) is 0.